The fraction of sp³-hybridized carbons (Fsp3) is 0.286. The van der Waals surface area contributed by atoms with Crippen molar-refractivity contribution in [3.05, 3.63) is 81.8 Å². The van der Waals surface area contributed by atoms with Gasteiger partial charge in [0, 0.05) is 21.4 Å². The number of carbonyl (C=O) groups excluding carboxylic acids is 1. The molecule has 186 valence electrons. The van der Waals surface area contributed by atoms with Crippen LogP contribution in [0.4, 0.5) is 11.4 Å². The van der Waals surface area contributed by atoms with Crippen LogP contribution in [0, 0.1) is 19.8 Å². The van der Waals surface area contributed by atoms with Crippen molar-refractivity contribution in [2.75, 3.05) is 16.8 Å². The van der Waals surface area contributed by atoms with Gasteiger partial charge in [0.25, 0.3) is 0 Å². The summed E-state index contributed by atoms with van der Waals surface area (Å²) in [6, 6.07) is 19.2. The van der Waals surface area contributed by atoms with E-state index in [1.54, 1.807) is 0 Å². The van der Waals surface area contributed by atoms with E-state index in [-0.39, 0.29) is 5.91 Å². The molecule has 0 aliphatic carbocycles. The molecule has 0 saturated carbocycles. The maximum atomic E-state index is 14.1. The molecule has 3 aromatic rings. The Morgan fingerprint density at radius 2 is 1.97 bits per heavy atom. The molecule has 3 aromatic carbocycles. The molecule has 2 heterocycles. The minimum absolute atomic E-state index is 0.156. The van der Waals surface area contributed by atoms with Crippen LogP contribution in [0.2, 0.25) is 0 Å². The molecule has 1 amide bonds. The molecule has 2 bridgehead atoms. The van der Waals surface area contributed by atoms with Gasteiger partial charge >= 0.3 is 0 Å². The molecule has 36 heavy (non-hydrogen) atoms. The van der Waals surface area contributed by atoms with Crippen molar-refractivity contribution in [1.29, 1.82) is 0 Å². The molecule has 0 spiro atoms. The van der Waals surface area contributed by atoms with E-state index in [4.69, 9.17) is 21.7 Å². The molecule has 5 rings (SSSR count). The SMILES string of the molecule is CCOc1cccc2c1O[C@@]1(C)[C@@H](C(=O)Nc3ccc(C)cc3C)[C@H]2NC(=S)N1c1cccc(Br)c1. The zero-order valence-corrected chi connectivity index (χ0v) is 23.0. The Hall–Kier alpha value is -3.10. The van der Waals surface area contributed by atoms with E-state index in [1.807, 2.05) is 87.2 Å². The predicted molar refractivity (Wildman–Crippen MR) is 150 cm³/mol. The van der Waals surface area contributed by atoms with Gasteiger partial charge in [0.2, 0.25) is 5.91 Å². The van der Waals surface area contributed by atoms with Crippen LogP contribution in [0.25, 0.3) is 0 Å². The normalized spacial score (nSPS) is 22.2. The van der Waals surface area contributed by atoms with Crippen molar-refractivity contribution in [1.82, 2.24) is 5.32 Å². The first kappa shape index (κ1) is 24.6. The van der Waals surface area contributed by atoms with Gasteiger partial charge in [0.15, 0.2) is 22.3 Å². The summed E-state index contributed by atoms with van der Waals surface area (Å²) in [7, 11) is 0. The number of halogens is 1. The highest BCUT2D eigenvalue weighted by atomic mass is 79.9. The summed E-state index contributed by atoms with van der Waals surface area (Å²) >= 11 is 9.42. The fourth-order valence-corrected chi connectivity index (χ4v) is 6.01. The summed E-state index contributed by atoms with van der Waals surface area (Å²) in [5.41, 5.74) is 3.44. The van der Waals surface area contributed by atoms with E-state index in [2.05, 4.69) is 32.6 Å². The molecule has 8 heteroatoms. The summed E-state index contributed by atoms with van der Waals surface area (Å²) < 4.78 is 13.6. The van der Waals surface area contributed by atoms with Gasteiger partial charge in [-0.25, -0.2) is 0 Å². The highest BCUT2D eigenvalue weighted by Gasteiger charge is 2.59. The van der Waals surface area contributed by atoms with Crippen molar-refractivity contribution >= 4 is 50.5 Å². The van der Waals surface area contributed by atoms with Gasteiger partial charge in [-0.1, -0.05) is 51.8 Å². The van der Waals surface area contributed by atoms with Crippen molar-refractivity contribution in [3.63, 3.8) is 0 Å². The van der Waals surface area contributed by atoms with Crippen LogP contribution >= 0.6 is 28.1 Å². The zero-order chi connectivity index (χ0) is 25.6. The maximum Gasteiger partial charge on any atom is 0.236 e. The van der Waals surface area contributed by atoms with Crippen molar-refractivity contribution in [3.8, 4) is 11.5 Å². The lowest BCUT2D eigenvalue weighted by molar-refractivity contribution is -0.130. The average molecular weight is 567 g/mol. The van der Waals surface area contributed by atoms with Crippen molar-refractivity contribution < 1.29 is 14.3 Å². The van der Waals surface area contributed by atoms with Crippen LogP contribution in [0.5, 0.6) is 11.5 Å². The van der Waals surface area contributed by atoms with Crippen LogP contribution in [-0.2, 0) is 4.79 Å². The number of aryl methyl sites for hydroxylation is 2. The molecular weight excluding hydrogens is 538 g/mol. The van der Waals surface area contributed by atoms with E-state index in [0.29, 0.717) is 23.2 Å². The molecular formula is C28H28BrN3O3S. The lowest BCUT2D eigenvalue weighted by Crippen LogP contribution is -2.72. The number of hydrogen-bond donors (Lipinski definition) is 2. The zero-order valence-electron chi connectivity index (χ0n) is 20.6. The molecule has 0 radical (unpaired) electrons. The highest BCUT2D eigenvalue weighted by molar-refractivity contribution is 9.10. The van der Waals surface area contributed by atoms with Gasteiger partial charge in [0.05, 0.1) is 12.6 Å². The van der Waals surface area contributed by atoms with E-state index in [9.17, 15) is 4.79 Å². The van der Waals surface area contributed by atoms with Crippen LogP contribution in [0.1, 0.15) is 36.6 Å². The van der Waals surface area contributed by atoms with Crippen molar-refractivity contribution in [2.45, 2.75) is 39.5 Å². The van der Waals surface area contributed by atoms with Crippen LogP contribution in [0.3, 0.4) is 0 Å². The minimum atomic E-state index is -1.13. The van der Waals surface area contributed by atoms with Gasteiger partial charge in [-0.2, -0.15) is 0 Å². The van der Waals surface area contributed by atoms with Gasteiger partial charge < -0.3 is 20.1 Å². The van der Waals surface area contributed by atoms with Gasteiger partial charge in [-0.05, 0) is 75.8 Å². The number of amides is 1. The Bertz CT molecular complexity index is 1360. The number of carbonyl (C=O) groups is 1. The van der Waals surface area contributed by atoms with Gasteiger partial charge in [-0.3, -0.25) is 9.69 Å². The van der Waals surface area contributed by atoms with Gasteiger partial charge in [-0.15, -0.1) is 0 Å². The lowest BCUT2D eigenvalue weighted by Gasteiger charge is -2.56. The molecule has 1 saturated heterocycles. The summed E-state index contributed by atoms with van der Waals surface area (Å²) in [6.45, 7) is 8.39. The van der Waals surface area contributed by atoms with Crippen LogP contribution in [-0.4, -0.2) is 23.4 Å². The second-order valence-corrected chi connectivity index (χ2v) is 10.6. The smallest absolute Gasteiger partial charge is 0.236 e. The first-order chi connectivity index (χ1) is 17.2. The summed E-state index contributed by atoms with van der Waals surface area (Å²) in [4.78, 5) is 15.9. The Morgan fingerprint density at radius 3 is 2.69 bits per heavy atom. The Balaban J connectivity index is 1.65. The Morgan fingerprint density at radius 1 is 1.19 bits per heavy atom. The first-order valence-electron chi connectivity index (χ1n) is 11.9. The van der Waals surface area contributed by atoms with Crippen LogP contribution < -0.4 is 25.0 Å². The fourth-order valence-electron chi connectivity index (χ4n) is 5.21. The number of fused-ring (bicyclic) bond motifs is 4. The number of rotatable bonds is 5. The van der Waals surface area contributed by atoms with Gasteiger partial charge in [0.1, 0.15) is 5.92 Å². The molecule has 2 aliphatic rings. The molecule has 0 aromatic heterocycles. The number of anilines is 2. The summed E-state index contributed by atoms with van der Waals surface area (Å²) in [5.74, 6) is 0.478. The third kappa shape index (κ3) is 4.12. The number of para-hydroxylation sites is 1. The molecule has 2 N–H and O–H groups in total. The number of ether oxygens (including phenoxy) is 2. The predicted octanol–water partition coefficient (Wildman–Crippen LogP) is 6.26. The summed E-state index contributed by atoms with van der Waals surface area (Å²) in [6.07, 6.45) is 0. The average Bonchev–Trinajstić information content (AvgIpc) is 2.81. The third-order valence-electron chi connectivity index (χ3n) is 6.78. The molecule has 6 nitrogen and oxygen atoms in total. The maximum absolute atomic E-state index is 14.1. The summed E-state index contributed by atoms with van der Waals surface area (Å²) in [5, 5.41) is 7.10. The lowest BCUT2D eigenvalue weighted by atomic mass is 9.78. The standard InChI is InChI=1S/C28H28BrN3O3S/c1-5-34-22-11-7-10-20-24-23(26(33)30-21-13-12-16(2)14-17(21)3)28(4,35-25(20)22)32(27(36)31-24)19-9-6-8-18(29)15-19/h6-15,23-24H,5H2,1-4H3,(H,30,33)(H,31,36)/t23-,24+,28+/m1/s1. The number of benzene rings is 3. The quantitative estimate of drug-likeness (QED) is 0.356. The minimum Gasteiger partial charge on any atom is -0.490 e. The second-order valence-electron chi connectivity index (χ2n) is 9.29. The molecule has 0 unspecified atom stereocenters. The first-order valence-corrected chi connectivity index (χ1v) is 13.1. The van der Waals surface area contributed by atoms with E-state index >= 15 is 0 Å². The van der Waals surface area contributed by atoms with Crippen molar-refractivity contribution in [2.24, 2.45) is 5.92 Å². The number of thiocarbonyl (C=S) groups is 1. The number of hydrogen-bond acceptors (Lipinski definition) is 4. The highest BCUT2D eigenvalue weighted by Crippen LogP contribution is 2.52. The third-order valence-corrected chi connectivity index (χ3v) is 7.57. The van der Waals surface area contributed by atoms with Crippen LogP contribution in [0.15, 0.2) is 65.1 Å². The molecule has 1 fully saturated rings. The molecule has 2 aliphatic heterocycles. The monoisotopic (exact) mass is 565 g/mol. The largest absolute Gasteiger partial charge is 0.490 e. The molecule has 3 atom stereocenters. The Kier molecular flexibility index (Phi) is 6.43. The Labute approximate surface area is 225 Å². The number of nitrogens with one attached hydrogen (secondary N) is 2. The van der Waals surface area contributed by atoms with E-state index in [0.717, 1.165) is 32.5 Å². The second kappa shape index (κ2) is 9.41. The topological polar surface area (TPSA) is 62.8 Å². The van der Waals surface area contributed by atoms with E-state index < -0.39 is 17.7 Å². The van der Waals surface area contributed by atoms with E-state index in [1.165, 1.54) is 0 Å². The number of nitrogens with zero attached hydrogens (tertiary/aromatic N) is 1.